The Balaban J connectivity index is 1.62. The van der Waals surface area contributed by atoms with Crippen LogP contribution in [-0.2, 0) is 4.79 Å². The normalized spacial score (nSPS) is 10.7. The number of hydrogen-bond donors (Lipinski definition) is 1. The van der Waals surface area contributed by atoms with Crippen LogP contribution in [0.15, 0.2) is 78.2 Å². The van der Waals surface area contributed by atoms with E-state index in [2.05, 4.69) is 26.6 Å². The van der Waals surface area contributed by atoms with E-state index in [1.807, 2.05) is 60.9 Å². The molecule has 0 saturated carbocycles. The number of benzene rings is 2. The number of nitrogens with one attached hydrogen (secondary N) is 1. The Morgan fingerprint density at radius 2 is 1.94 bits per heavy atom. The van der Waals surface area contributed by atoms with Crippen LogP contribution in [0, 0.1) is 6.92 Å². The summed E-state index contributed by atoms with van der Waals surface area (Å²) in [7, 11) is 0. The predicted octanol–water partition coefficient (Wildman–Crippen LogP) is 4.77. The quantitative estimate of drug-likeness (QED) is 0.394. The van der Waals surface area contributed by atoms with Crippen LogP contribution in [0.5, 0.6) is 5.75 Å². The summed E-state index contributed by atoms with van der Waals surface area (Å²) in [5.74, 6) is 1.57. The summed E-state index contributed by atoms with van der Waals surface area (Å²) in [6, 6.07) is 19.5. The molecule has 0 spiro atoms. The first kappa shape index (κ1) is 21.6. The Morgan fingerprint density at radius 1 is 1.09 bits per heavy atom. The topological polar surface area (TPSA) is 81.9 Å². The molecule has 32 heavy (non-hydrogen) atoms. The fourth-order valence-corrected chi connectivity index (χ4v) is 3.94. The zero-order valence-electron chi connectivity index (χ0n) is 17.9. The molecule has 162 valence electrons. The first-order valence-corrected chi connectivity index (χ1v) is 11.2. The number of nitrogens with zero attached hydrogens (tertiary/aromatic N) is 4. The van der Waals surface area contributed by atoms with Gasteiger partial charge in [-0.15, -0.1) is 10.2 Å². The van der Waals surface area contributed by atoms with E-state index in [0.717, 1.165) is 22.6 Å². The van der Waals surface area contributed by atoms with Crippen LogP contribution in [0.2, 0.25) is 0 Å². The number of thioether (sulfide) groups is 1. The average Bonchev–Trinajstić information content (AvgIpc) is 3.23. The molecule has 0 aliphatic heterocycles. The number of pyridine rings is 1. The van der Waals surface area contributed by atoms with Gasteiger partial charge in [-0.05, 0) is 56.3 Å². The maximum atomic E-state index is 12.4. The molecule has 4 rings (SSSR count). The lowest BCUT2D eigenvalue weighted by molar-refractivity contribution is -0.113. The van der Waals surface area contributed by atoms with E-state index in [1.165, 1.54) is 11.8 Å². The van der Waals surface area contributed by atoms with Gasteiger partial charge in [0.25, 0.3) is 0 Å². The van der Waals surface area contributed by atoms with E-state index in [1.54, 1.807) is 24.5 Å². The highest BCUT2D eigenvalue weighted by Gasteiger charge is 2.17. The Hall–Kier alpha value is -3.65. The molecule has 0 radical (unpaired) electrons. The standard InChI is InChI=1S/C24H23N5O2S/c1-3-31-21-11-9-20(10-12-21)29-23(18-7-4-6-17(2)14-18)27-28-24(29)32-16-22(30)26-19-8-5-13-25-15-19/h4-15H,3,16H2,1-2H3,(H,26,30). The van der Waals surface area contributed by atoms with E-state index in [0.29, 0.717) is 23.3 Å². The van der Waals surface area contributed by atoms with Crippen LogP contribution in [0.4, 0.5) is 5.69 Å². The highest BCUT2D eigenvalue weighted by atomic mass is 32.2. The van der Waals surface area contributed by atoms with Crippen molar-refractivity contribution in [2.24, 2.45) is 0 Å². The molecule has 7 nitrogen and oxygen atoms in total. The number of carbonyl (C=O) groups excluding carboxylic acids is 1. The molecule has 0 fully saturated rings. The molecule has 1 N–H and O–H groups in total. The van der Waals surface area contributed by atoms with Gasteiger partial charge in [-0.25, -0.2) is 0 Å². The third-order valence-corrected chi connectivity index (χ3v) is 5.52. The van der Waals surface area contributed by atoms with Crippen LogP contribution >= 0.6 is 11.8 Å². The van der Waals surface area contributed by atoms with Crippen molar-refractivity contribution in [2.75, 3.05) is 17.7 Å². The van der Waals surface area contributed by atoms with E-state index < -0.39 is 0 Å². The van der Waals surface area contributed by atoms with Crippen molar-refractivity contribution in [1.29, 1.82) is 0 Å². The molecule has 8 heteroatoms. The van der Waals surface area contributed by atoms with Crippen molar-refractivity contribution < 1.29 is 9.53 Å². The summed E-state index contributed by atoms with van der Waals surface area (Å²) in [6.45, 7) is 4.60. The fraction of sp³-hybridized carbons (Fsp3) is 0.167. The number of hydrogen-bond acceptors (Lipinski definition) is 6. The molecule has 0 aliphatic carbocycles. The number of ether oxygens (including phenoxy) is 1. The van der Waals surface area contributed by atoms with Gasteiger partial charge in [-0.1, -0.05) is 35.5 Å². The van der Waals surface area contributed by atoms with Gasteiger partial charge in [0.15, 0.2) is 11.0 Å². The minimum Gasteiger partial charge on any atom is -0.494 e. The van der Waals surface area contributed by atoms with Crippen LogP contribution < -0.4 is 10.1 Å². The molecule has 0 bridgehead atoms. The monoisotopic (exact) mass is 445 g/mol. The number of amides is 1. The van der Waals surface area contributed by atoms with Gasteiger partial charge in [0, 0.05) is 17.4 Å². The van der Waals surface area contributed by atoms with Crippen molar-refractivity contribution in [3.8, 4) is 22.8 Å². The average molecular weight is 446 g/mol. The summed E-state index contributed by atoms with van der Waals surface area (Å²) >= 11 is 1.33. The minimum atomic E-state index is -0.138. The summed E-state index contributed by atoms with van der Waals surface area (Å²) in [5, 5.41) is 12.3. The number of rotatable bonds is 8. The van der Waals surface area contributed by atoms with Crippen molar-refractivity contribution in [1.82, 2.24) is 19.7 Å². The molecule has 0 atom stereocenters. The largest absolute Gasteiger partial charge is 0.494 e. The van der Waals surface area contributed by atoms with E-state index >= 15 is 0 Å². The first-order chi connectivity index (χ1) is 15.6. The van der Waals surface area contributed by atoms with Gasteiger partial charge < -0.3 is 10.1 Å². The van der Waals surface area contributed by atoms with Crippen molar-refractivity contribution in [3.05, 3.63) is 78.6 Å². The lowest BCUT2D eigenvalue weighted by Crippen LogP contribution is -2.14. The maximum Gasteiger partial charge on any atom is 0.234 e. The maximum absolute atomic E-state index is 12.4. The molecule has 2 aromatic carbocycles. The van der Waals surface area contributed by atoms with Gasteiger partial charge in [0.05, 0.1) is 24.2 Å². The third kappa shape index (κ3) is 5.15. The Morgan fingerprint density at radius 3 is 2.66 bits per heavy atom. The van der Waals surface area contributed by atoms with Gasteiger partial charge in [-0.3, -0.25) is 14.3 Å². The second-order valence-corrected chi connectivity index (χ2v) is 7.96. The SMILES string of the molecule is CCOc1ccc(-n2c(SCC(=O)Nc3cccnc3)nnc2-c2cccc(C)c2)cc1. The highest BCUT2D eigenvalue weighted by molar-refractivity contribution is 7.99. The lowest BCUT2D eigenvalue weighted by atomic mass is 10.1. The van der Waals surface area contributed by atoms with E-state index in [9.17, 15) is 4.79 Å². The zero-order chi connectivity index (χ0) is 22.3. The molecule has 2 heterocycles. The zero-order valence-corrected chi connectivity index (χ0v) is 18.7. The minimum absolute atomic E-state index is 0.138. The van der Waals surface area contributed by atoms with Gasteiger partial charge in [-0.2, -0.15) is 0 Å². The molecular formula is C24H23N5O2S. The number of aromatic nitrogens is 4. The molecular weight excluding hydrogens is 422 g/mol. The second kappa shape index (κ2) is 10.1. The summed E-state index contributed by atoms with van der Waals surface area (Å²) in [5.41, 5.74) is 3.64. The van der Waals surface area contributed by atoms with E-state index in [-0.39, 0.29) is 11.7 Å². The number of aryl methyl sites for hydroxylation is 1. The Bertz CT molecular complexity index is 1190. The third-order valence-electron chi connectivity index (χ3n) is 4.59. The molecule has 2 aromatic heterocycles. The van der Waals surface area contributed by atoms with Crippen molar-refractivity contribution in [3.63, 3.8) is 0 Å². The lowest BCUT2D eigenvalue weighted by Gasteiger charge is -2.12. The smallest absolute Gasteiger partial charge is 0.234 e. The Labute approximate surface area is 190 Å². The highest BCUT2D eigenvalue weighted by Crippen LogP contribution is 2.29. The van der Waals surface area contributed by atoms with E-state index in [4.69, 9.17) is 4.74 Å². The molecule has 0 saturated heterocycles. The van der Waals surface area contributed by atoms with Crippen LogP contribution in [-0.4, -0.2) is 38.0 Å². The molecule has 4 aromatic rings. The molecule has 1 amide bonds. The molecule has 0 aliphatic rings. The predicted molar refractivity (Wildman–Crippen MR) is 126 cm³/mol. The van der Waals surface area contributed by atoms with Crippen LogP contribution in [0.25, 0.3) is 17.1 Å². The van der Waals surface area contributed by atoms with Gasteiger partial charge in [0.1, 0.15) is 5.75 Å². The summed E-state index contributed by atoms with van der Waals surface area (Å²) in [6.07, 6.45) is 3.28. The molecule has 0 unspecified atom stereocenters. The number of carbonyl (C=O) groups is 1. The van der Waals surface area contributed by atoms with Gasteiger partial charge in [0.2, 0.25) is 5.91 Å². The summed E-state index contributed by atoms with van der Waals surface area (Å²) < 4.78 is 7.54. The summed E-state index contributed by atoms with van der Waals surface area (Å²) in [4.78, 5) is 16.5. The van der Waals surface area contributed by atoms with Crippen LogP contribution in [0.1, 0.15) is 12.5 Å². The van der Waals surface area contributed by atoms with Crippen molar-refractivity contribution >= 4 is 23.4 Å². The van der Waals surface area contributed by atoms with Gasteiger partial charge >= 0.3 is 0 Å². The van der Waals surface area contributed by atoms with Crippen LogP contribution in [0.3, 0.4) is 0 Å². The number of anilines is 1. The fourth-order valence-electron chi connectivity index (χ4n) is 3.19. The Kier molecular flexibility index (Phi) is 6.81. The first-order valence-electron chi connectivity index (χ1n) is 10.2. The second-order valence-electron chi connectivity index (χ2n) is 7.02. The van der Waals surface area contributed by atoms with Crippen molar-refractivity contribution in [2.45, 2.75) is 19.0 Å².